The first-order chi connectivity index (χ1) is 12.9. The summed E-state index contributed by atoms with van der Waals surface area (Å²) in [6.07, 6.45) is 1.10. The van der Waals surface area contributed by atoms with E-state index < -0.39 is 22.2 Å². The number of rotatable bonds is 4. The van der Waals surface area contributed by atoms with Gasteiger partial charge in [0.25, 0.3) is 0 Å². The minimum Gasteiger partial charge on any atom is -0.367 e. The average Bonchev–Trinajstić information content (AvgIpc) is 3.16. The summed E-state index contributed by atoms with van der Waals surface area (Å²) in [6, 6.07) is 10.5. The van der Waals surface area contributed by atoms with Crippen LogP contribution in [0.5, 0.6) is 0 Å². The summed E-state index contributed by atoms with van der Waals surface area (Å²) >= 11 is 18.3. The van der Waals surface area contributed by atoms with Crippen LogP contribution in [-0.4, -0.2) is 19.0 Å². The molecule has 0 N–H and O–H groups in total. The fourth-order valence-electron chi connectivity index (χ4n) is 3.04. The molecule has 4 rings (SSSR count). The van der Waals surface area contributed by atoms with Gasteiger partial charge in [-0.15, -0.1) is 0 Å². The molecule has 1 aliphatic heterocycles. The quantitative estimate of drug-likeness (QED) is 0.577. The van der Waals surface area contributed by atoms with Crippen molar-refractivity contribution < 1.29 is 8.95 Å². The molecular formula is C18H14Cl3N3O2S. The Balaban J connectivity index is 1.69. The first kappa shape index (κ1) is 18.9. The summed E-state index contributed by atoms with van der Waals surface area (Å²) in [7, 11) is 0.383. The molecule has 0 radical (unpaired) electrons. The van der Waals surface area contributed by atoms with Gasteiger partial charge in [-0.2, -0.15) is 5.10 Å². The van der Waals surface area contributed by atoms with Crippen LogP contribution in [0.3, 0.4) is 0 Å². The molecular weight excluding hydrogens is 429 g/mol. The molecule has 3 unspecified atom stereocenters. The number of ether oxygens (including phenoxy) is 1. The van der Waals surface area contributed by atoms with Gasteiger partial charge in [0.1, 0.15) is 17.7 Å². The number of aryl methyl sites for hydroxylation is 1. The Bertz CT molecular complexity index is 1040. The third-order valence-electron chi connectivity index (χ3n) is 4.31. The van der Waals surface area contributed by atoms with Gasteiger partial charge in [0.05, 0.1) is 17.4 Å². The lowest BCUT2D eigenvalue weighted by Gasteiger charge is -2.18. The number of halogens is 3. The predicted molar refractivity (Wildman–Crippen MR) is 106 cm³/mol. The Kier molecular flexibility index (Phi) is 5.27. The molecule has 0 saturated heterocycles. The number of fused-ring (bicyclic) bond motifs is 1. The topological polar surface area (TPSA) is 57.0 Å². The van der Waals surface area contributed by atoms with Crippen molar-refractivity contribution in [2.45, 2.75) is 22.9 Å². The van der Waals surface area contributed by atoms with E-state index in [9.17, 15) is 4.21 Å². The monoisotopic (exact) mass is 441 g/mol. The highest BCUT2D eigenvalue weighted by Gasteiger charge is 2.43. The molecule has 27 heavy (non-hydrogen) atoms. The molecule has 5 nitrogen and oxygen atoms in total. The zero-order chi connectivity index (χ0) is 19.1. The second kappa shape index (κ2) is 7.53. The van der Waals surface area contributed by atoms with E-state index in [1.54, 1.807) is 42.3 Å². The van der Waals surface area contributed by atoms with E-state index in [1.807, 2.05) is 12.1 Å². The van der Waals surface area contributed by atoms with E-state index in [2.05, 4.69) is 10.1 Å². The third-order valence-corrected chi connectivity index (χ3v) is 6.84. The lowest BCUT2D eigenvalue weighted by Crippen LogP contribution is -2.14. The predicted octanol–water partition coefficient (Wildman–Crippen LogP) is 4.90. The van der Waals surface area contributed by atoms with Crippen molar-refractivity contribution in [1.29, 1.82) is 0 Å². The normalized spacial score (nSPS) is 21.4. The Morgan fingerprint density at radius 1 is 1.15 bits per heavy atom. The summed E-state index contributed by atoms with van der Waals surface area (Å²) in [6.45, 7) is 0.239. The summed E-state index contributed by atoms with van der Waals surface area (Å²) in [5.41, 5.74) is 1.61. The van der Waals surface area contributed by atoms with E-state index in [-0.39, 0.29) is 6.61 Å². The number of aromatic nitrogens is 3. The molecule has 1 aliphatic rings. The molecule has 1 aromatic heterocycles. The SMILES string of the molecule is Cn1cnc(C2C(OCc3ccc(Cl)cc3Cl)c3ccc(Cl)cc3S2=O)n1. The van der Waals surface area contributed by atoms with E-state index in [1.165, 1.54) is 0 Å². The van der Waals surface area contributed by atoms with E-state index in [4.69, 9.17) is 39.5 Å². The molecule has 140 valence electrons. The molecule has 0 amide bonds. The molecule has 0 saturated carbocycles. The van der Waals surface area contributed by atoms with Crippen molar-refractivity contribution in [2.75, 3.05) is 0 Å². The van der Waals surface area contributed by atoms with E-state index in [0.29, 0.717) is 25.8 Å². The van der Waals surface area contributed by atoms with Gasteiger partial charge in [0, 0.05) is 27.0 Å². The molecule has 3 aromatic rings. The highest BCUT2D eigenvalue weighted by molar-refractivity contribution is 7.85. The first-order valence-corrected chi connectivity index (χ1v) is 10.4. The van der Waals surface area contributed by atoms with Crippen molar-refractivity contribution in [3.05, 3.63) is 74.7 Å². The third kappa shape index (κ3) is 3.65. The van der Waals surface area contributed by atoms with E-state index >= 15 is 0 Å². The maximum absolute atomic E-state index is 13.1. The van der Waals surface area contributed by atoms with Crippen LogP contribution in [0.4, 0.5) is 0 Å². The second-order valence-electron chi connectivity index (χ2n) is 6.14. The van der Waals surface area contributed by atoms with Gasteiger partial charge in [0.2, 0.25) is 0 Å². The summed E-state index contributed by atoms with van der Waals surface area (Å²) in [4.78, 5) is 4.94. The van der Waals surface area contributed by atoms with Gasteiger partial charge in [-0.25, -0.2) is 4.98 Å². The molecule has 9 heteroatoms. The minimum absolute atomic E-state index is 0.239. The lowest BCUT2D eigenvalue weighted by molar-refractivity contribution is 0.0373. The highest BCUT2D eigenvalue weighted by Crippen LogP contribution is 2.48. The van der Waals surface area contributed by atoms with Crippen LogP contribution in [0, 0.1) is 0 Å². The van der Waals surface area contributed by atoms with Crippen LogP contribution in [0.25, 0.3) is 0 Å². The smallest absolute Gasteiger partial charge is 0.169 e. The Morgan fingerprint density at radius 2 is 1.89 bits per heavy atom. The van der Waals surface area contributed by atoms with Gasteiger partial charge in [0.15, 0.2) is 5.82 Å². The minimum atomic E-state index is -1.38. The Morgan fingerprint density at radius 3 is 2.59 bits per heavy atom. The molecule has 0 bridgehead atoms. The molecule has 2 heterocycles. The highest BCUT2D eigenvalue weighted by atomic mass is 35.5. The van der Waals surface area contributed by atoms with Gasteiger partial charge >= 0.3 is 0 Å². The van der Waals surface area contributed by atoms with Crippen molar-refractivity contribution in [3.63, 3.8) is 0 Å². The number of nitrogens with zero attached hydrogens (tertiary/aromatic N) is 3. The standard InChI is InChI=1S/C18H14Cl3N3O2S/c1-24-9-22-18(23-24)17-16(13-5-4-12(20)7-15(13)27(17)25)26-8-10-2-3-11(19)6-14(10)21/h2-7,9,16-17H,8H2,1H3. The summed E-state index contributed by atoms with van der Waals surface area (Å²) in [5, 5.41) is 5.42. The van der Waals surface area contributed by atoms with Crippen molar-refractivity contribution in [1.82, 2.24) is 14.8 Å². The lowest BCUT2D eigenvalue weighted by atomic mass is 10.1. The van der Waals surface area contributed by atoms with Crippen molar-refractivity contribution in [3.8, 4) is 0 Å². The molecule has 2 aromatic carbocycles. The maximum atomic E-state index is 13.1. The Labute approximate surface area is 173 Å². The first-order valence-electron chi connectivity index (χ1n) is 8.05. The fourth-order valence-corrected chi connectivity index (χ4v) is 5.42. The van der Waals surface area contributed by atoms with Gasteiger partial charge in [-0.1, -0.05) is 46.9 Å². The summed E-state index contributed by atoms with van der Waals surface area (Å²) in [5.74, 6) is 0.468. The van der Waals surface area contributed by atoms with Gasteiger partial charge in [-0.05, 0) is 35.4 Å². The van der Waals surface area contributed by atoms with Crippen LogP contribution in [0.15, 0.2) is 47.6 Å². The molecule has 0 aliphatic carbocycles. The summed E-state index contributed by atoms with van der Waals surface area (Å²) < 4.78 is 20.9. The van der Waals surface area contributed by atoms with Crippen LogP contribution < -0.4 is 0 Å². The van der Waals surface area contributed by atoms with Crippen molar-refractivity contribution in [2.24, 2.45) is 7.05 Å². The molecule has 0 fully saturated rings. The number of benzene rings is 2. The molecule has 0 spiro atoms. The van der Waals surface area contributed by atoms with E-state index in [0.717, 1.165) is 11.1 Å². The van der Waals surface area contributed by atoms with Gasteiger partial charge < -0.3 is 4.74 Å². The largest absolute Gasteiger partial charge is 0.367 e. The van der Waals surface area contributed by atoms with Crippen LogP contribution in [0.1, 0.15) is 28.3 Å². The van der Waals surface area contributed by atoms with Crippen molar-refractivity contribution >= 4 is 45.6 Å². The van der Waals surface area contributed by atoms with Crippen LogP contribution in [0.2, 0.25) is 15.1 Å². The number of hydrogen-bond donors (Lipinski definition) is 0. The average molecular weight is 443 g/mol. The zero-order valence-electron chi connectivity index (χ0n) is 14.1. The zero-order valence-corrected chi connectivity index (χ0v) is 17.2. The second-order valence-corrected chi connectivity index (χ2v) is 8.97. The maximum Gasteiger partial charge on any atom is 0.169 e. The number of hydrogen-bond acceptors (Lipinski definition) is 4. The van der Waals surface area contributed by atoms with Crippen LogP contribution in [-0.2, 0) is 29.2 Å². The van der Waals surface area contributed by atoms with Crippen LogP contribution >= 0.6 is 34.8 Å². The Hall–Kier alpha value is -1.44. The van der Waals surface area contributed by atoms with Gasteiger partial charge in [-0.3, -0.25) is 8.89 Å². The fraction of sp³-hybridized carbons (Fsp3) is 0.222. The molecule has 3 atom stereocenters.